The third kappa shape index (κ3) is 5.09. The largest absolute Gasteiger partial charge is 0.323 e. The van der Waals surface area contributed by atoms with E-state index in [0.717, 1.165) is 20.7 Å². The van der Waals surface area contributed by atoms with E-state index in [1.165, 1.54) is 6.07 Å². The number of rotatable bonds is 5. The molecule has 0 aliphatic rings. The summed E-state index contributed by atoms with van der Waals surface area (Å²) in [5.41, 5.74) is 2.27. The Bertz CT molecular complexity index is 1070. The van der Waals surface area contributed by atoms with Crippen LogP contribution in [0.5, 0.6) is 0 Å². The number of urea groups is 1. The SMILES string of the molecule is Cc1ccc(NC(=O)Nc2ccccc2)cc1NS(=O)(=O)c1ccc(Br)s1. The van der Waals surface area contributed by atoms with Crippen molar-refractivity contribution in [2.75, 3.05) is 15.4 Å². The van der Waals surface area contributed by atoms with Crippen molar-refractivity contribution in [3.05, 3.63) is 70.0 Å². The fourth-order valence-electron chi connectivity index (χ4n) is 2.26. The van der Waals surface area contributed by atoms with Crippen LogP contribution in [0.15, 0.2) is 68.7 Å². The molecule has 6 nitrogen and oxygen atoms in total. The van der Waals surface area contributed by atoms with Crippen LogP contribution in [-0.4, -0.2) is 14.4 Å². The zero-order chi connectivity index (χ0) is 19.4. The van der Waals surface area contributed by atoms with Gasteiger partial charge in [-0.3, -0.25) is 4.72 Å². The Kier molecular flexibility index (Phi) is 5.83. The molecule has 0 saturated heterocycles. The summed E-state index contributed by atoms with van der Waals surface area (Å²) in [6.45, 7) is 1.79. The highest BCUT2D eigenvalue weighted by molar-refractivity contribution is 9.11. The molecule has 9 heteroatoms. The number of carbonyl (C=O) groups is 1. The first-order valence-corrected chi connectivity index (χ1v) is 10.9. The zero-order valence-electron chi connectivity index (χ0n) is 14.2. The van der Waals surface area contributed by atoms with Crippen LogP contribution in [-0.2, 0) is 10.0 Å². The number of hydrogen-bond acceptors (Lipinski definition) is 4. The smallest absolute Gasteiger partial charge is 0.308 e. The van der Waals surface area contributed by atoms with Gasteiger partial charge in [-0.25, -0.2) is 13.2 Å². The first-order chi connectivity index (χ1) is 12.8. The van der Waals surface area contributed by atoms with Gasteiger partial charge < -0.3 is 10.6 Å². The summed E-state index contributed by atoms with van der Waals surface area (Å²) in [4.78, 5) is 12.1. The number of aryl methyl sites for hydroxylation is 1. The van der Waals surface area contributed by atoms with Gasteiger partial charge in [-0.15, -0.1) is 11.3 Å². The van der Waals surface area contributed by atoms with Gasteiger partial charge in [-0.05, 0) is 64.8 Å². The van der Waals surface area contributed by atoms with Crippen molar-refractivity contribution in [2.45, 2.75) is 11.1 Å². The van der Waals surface area contributed by atoms with Gasteiger partial charge in [0.2, 0.25) is 0 Å². The fourth-order valence-corrected chi connectivity index (χ4v) is 5.39. The molecule has 140 valence electrons. The number of thiophene rings is 1. The number of anilines is 3. The van der Waals surface area contributed by atoms with Crippen LogP contribution in [0.2, 0.25) is 0 Å². The minimum Gasteiger partial charge on any atom is -0.308 e. The van der Waals surface area contributed by atoms with Crippen molar-refractivity contribution in [3.8, 4) is 0 Å². The number of carbonyl (C=O) groups excluding carboxylic acids is 1. The van der Waals surface area contributed by atoms with E-state index < -0.39 is 16.1 Å². The summed E-state index contributed by atoms with van der Waals surface area (Å²) in [6, 6.07) is 16.9. The summed E-state index contributed by atoms with van der Waals surface area (Å²) in [7, 11) is -3.70. The normalized spacial score (nSPS) is 11.0. The van der Waals surface area contributed by atoms with Gasteiger partial charge in [0.05, 0.1) is 9.47 Å². The van der Waals surface area contributed by atoms with E-state index >= 15 is 0 Å². The Balaban J connectivity index is 1.75. The van der Waals surface area contributed by atoms with Crippen molar-refractivity contribution < 1.29 is 13.2 Å². The molecule has 0 aliphatic heterocycles. The number of amides is 2. The summed E-state index contributed by atoms with van der Waals surface area (Å²) in [6.07, 6.45) is 0. The topological polar surface area (TPSA) is 87.3 Å². The molecule has 3 rings (SSSR count). The lowest BCUT2D eigenvalue weighted by atomic mass is 10.2. The highest BCUT2D eigenvalue weighted by Crippen LogP contribution is 2.29. The molecule has 27 heavy (non-hydrogen) atoms. The maximum absolute atomic E-state index is 12.5. The van der Waals surface area contributed by atoms with Gasteiger partial charge >= 0.3 is 6.03 Å². The van der Waals surface area contributed by atoms with Crippen LogP contribution >= 0.6 is 27.3 Å². The van der Waals surface area contributed by atoms with E-state index in [1.54, 1.807) is 43.3 Å². The molecule has 0 saturated carbocycles. The minimum absolute atomic E-state index is 0.203. The van der Waals surface area contributed by atoms with Crippen molar-refractivity contribution in [1.29, 1.82) is 0 Å². The number of hydrogen-bond donors (Lipinski definition) is 3. The van der Waals surface area contributed by atoms with Crippen LogP contribution < -0.4 is 15.4 Å². The van der Waals surface area contributed by atoms with Gasteiger partial charge in [0.25, 0.3) is 10.0 Å². The standard InChI is InChI=1S/C18H16BrN3O3S2/c1-12-7-8-14(21-18(23)20-13-5-3-2-4-6-13)11-15(12)22-27(24,25)17-10-9-16(19)26-17/h2-11,22H,1H3,(H2,20,21,23). The molecule has 2 amide bonds. The molecule has 0 unspecified atom stereocenters. The van der Waals surface area contributed by atoms with Crippen molar-refractivity contribution in [2.24, 2.45) is 0 Å². The lowest BCUT2D eigenvalue weighted by molar-refractivity contribution is 0.262. The monoisotopic (exact) mass is 465 g/mol. The minimum atomic E-state index is -3.70. The van der Waals surface area contributed by atoms with E-state index in [0.29, 0.717) is 17.1 Å². The van der Waals surface area contributed by atoms with Crippen LogP contribution in [0.3, 0.4) is 0 Å². The molecular formula is C18H16BrN3O3S2. The second-order valence-corrected chi connectivity index (χ2v) is 10.0. The molecule has 0 radical (unpaired) electrons. The summed E-state index contributed by atoms with van der Waals surface area (Å²) < 4.78 is 28.5. The van der Waals surface area contributed by atoms with E-state index in [9.17, 15) is 13.2 Å². The Morgan fingerprint density at radius 2 is 1.67 bits per heavy atom. The van der Waals surface area contributed by atoms with Gasteiger partial charge in [-0.2, -0.15) is 0 Å². The maximum atomic E-state index is 12.5. The lowest BCUT2D eigenvalue weighted by Gasteiger charge is -2.12. The van der Waals surface area contributed by atoms with E-state index in [1.807, 2.05) is 18.2 Å². The predicted molar refractivity (Wildman–Crippen MR) is 113 cm³/mol. The van der Waals surface area contributed by atoms with E-state index in [4.69, 9.17) is 0 Å². The number of para-hydroxylation sites is 1. The van der Waals surface area contributed by atoms with Crippen LogP contribution in [0.4, 0.5) is 21.9 Å². The predicted octanol–water partition coefficient (Wildman–Crippen LogP) is 5.26. The van der Waals surface area contributed by atoms with Crippen molar-refractivity contribution in [1.82, 2.24) is 0 Å². The zero-order valence-corrected chi connectivity index (χ0v) is 17.4. The third-order valence-electron chi connectivity index (χ3n) is 3.58. The first kappa shape index (κ1) is 19.4. The fraction of sp³-hybridized carbons (Fsp3) is 0.0556. The highest BCUT2D eigenvalue weighted by atomic mass is 79.9. The highest BCUT2D eigenvalue weighted by Gasteiger charge is 2.18. The van der Waals surface area contributed by atoms with Gasteiger partial charge in [0.1, 0.15) is 4.21 Å². The molecule has 0 spiro atoms. The molecule has 3 N–H and O–H groups in total. The lowest BCUT2D eigenvalue weighted by Crippen LogP contribution is -2.19. The van der Waals surface area contributed by atoms with Crippen LogP contribution in [0.1, 0.15) is 5.56 Å². The Hall–Kier alpha value is -2.36. The third-order valence-corrected chi connectivity index (χ3v) is 7.07. The van der Waals surface area contributed by atoms with E-state index in [2.05, 4.69) is 31.3 Å². The van der Waals surface area contributed by atoms with Crippen LogP contribution in [0, 0.1) is 6.92 Å². The second-order valence-electron chi connectivity index (χ2n) is 5.64. The summed E-state index contributed by atoms with van der Waals surface area (Å²) >= 11 is 4.38. The van der Waals surface area contributed by atoms with Gasteiger partial charge in [0, 0.05) is 11.4 Å². The molecule has 0 aliphatic carbocycles. The average Bonchev–Trinajstić information content (AvgIpc) is 3.06. The summed E-state index contributed by atoms with van der Waals surface area (Å²) in [5.74, 6) is 0. The van der Waals surface area contributed by atoms with Gasteiger partial charge in [0.15, 0.2) is 0 Å². The van der Waals surface area contributed by atoms with Crippen molar-refractivity contribution in [3.63, 3.8) is 0 Å². The molecule has 0 bridgehead atoms. The molecule has 2 aromatic carbocycles. The quantitative estimate of drug-likeness (QED) is 0.479. The summed E-state index contributed by atoms with van der Waals surface area (Å²) in [5, 5.41) is 5.41. The van der Waals surface area contributed by atoms with Gasteiger partial charge in [-0.1, -0.05) is 24.3 Å². The van der Waals surface area contributed by atoms with Crippen LogP contribution in [0.25, 0.3) is 0 Å². The molecular weight excluding hydrogens is 450 g/mol. The molecule has 3 aromatic rings. The number of halogens is 1. The second kappa shape index (κ2) is 8.12. The number of nitrogens with one attached hydrogen (secondary N) is 3. The van der Waals surface area contributed by atoms with Crippen molar-refractivity contribution >= 4 is 60.4 Å². The first-order valence-electron chi connectivity index (χ1n) is 7.85. The Morgan fingerprint density at radius 1 is 0.963 bits per heavy atom. The average molecular weight is 466 g/mol. The number of benzene rings is 2. The molecule has 0 fully saturated rings. The molecule has 0 atom stereocenters. The Labute approximate surface area is 169 Å². The molecule has 1 heterocycles. The van der Waals surface area contributed by atoms with E-state index in [-0.39, 0.29) is 4.21 Å². The molecule has 1 aromatic heterocycles. The maximum Gasteiger partial charge on any atom is 0.323 e. The Morgan fingerprint density at radius 3 is 2.33 bits per heavy atom. The number of sulfonamides is 1.